The number of hydrogen-bond acceptors (Lipinski definition) is 4. The van der Waals surface area contributed by atoms with Gasteiger partial charge in [0.2, 0.25) is 5.82 Å². The minimum absolute atomic E-state index is 0.00731. The number of halogens is 4. The Morgan fingerprint density at radius 1 is 0.865 bits per heavy atom. The highest BCUT2D eigenvalue weighted by Crippen LogP contribution is 2.35. The van der Waals surface area contributed by atoms with Gasteiger partial charge in [-0.25, -0.2) is 13.2 Å². The molecule has 0 amide bonds. The molecule has 1 aliphatic heterocycles. The molecule has 1 radical (unpaired) electrons. The van der Waals surface area contributed by atoms with Crippen molar-refractivity contribution in [2.24, 2.45) is 5.92 Å². The van der Waals surface area contributed by atoms with Crippen LogP contribution in [-0.4, -0.2) is 32.3 Å². The molecule has 1 heterocycles. The van der Waals surface area contributed by atoms with Crippen LogP contribution in [0.25, 0.3) is 22.3 Å². The molecule has 0 aliphatic carbocycles. The van der Waals surface area contributed by atoms with E-state index in [1.165, 1.54) is 48.5 Å². The summed E-state index contributed by atoms with van der Waals surface area (Å²) in [5, 5.41) is 8.89. The first-order chi connectivity index (χ1) is 17.9. The number of hydrogen-bond donors (Lipinski definition) is 1. The Bertz CT molecular complexity index is 1240. The standard InChI is InChI=1S/C28H26BF4O4/c1-2-3-4-13-35-23-12-11-21(25(31)27(23)33)19-7-5-18(6-8-19)20-9-10-22(26(32)24(20)30)28-36-15-17(14-29-34)16-37-28/h2-3,5-12,17,28,34H,4,13-16H2,1H3/b3-2-. The second kappa shape index (κ2) is 12.4. The maximum Gasteiger partial charge on any atom is 0.287 e. The molecule has 37 heavy (non-hydrogen) atoms. The van der Waals surface area contributed by atoms with Crippen LogP contribution < -0.4 is 4.74 Å². The van der Waals surface area contributed by atoms with Gasteiger partial charge in [0.05, 0.1) is 19.8 Å². The van der Waals surface area contributed by atoms with Gasteiger partial charge in [-0.1, -0.05) is 48.6 Å². The predicted molar refractivity (Wildman–Crippen MR) is 133 cm³/mol. The zero-order valence-corrected chi connectivity index (χ0v) is 20.2. The Labute approximate surface area is 213 Å². The van der Waals surface area contributed by atoms with Crippen LogP contribution in [0.4, 0.5) is 17.6 Å². The fourth-order valence-corrected chi connectivity index (χ4v) is 4.08. The summed E-state index contributed by atoms with van der Waals surface area (Å²) in [6.07, 6.45) is 3.61. The van der Waals surface area contributed by atoms with Gasteiger partial charge < -0.3 is 19.2 Å². The van der Waals surface area contributed by atoms with Crippen LogP contribution in [0, 0.1) is 29.2 Å². The quantitative estimate of drug-likeness (QED) is 0.151. The first kappa shape index (κ1) is 26.9. The van der Waals surface area contributed by atoms with Crippen LogP contribution in [0.1, 0.15) is 25.2 Å². The zero-order chi connectivity index (χ0) is 26.4. The molecule has 9 heteroatoms. The molecule has 1 N–H and O–H groups in total. The summed E-state index contributed by atoms with van der Waals surface area (Å²) < 4.78 is 75.4. The minimum atomic E-state index is -1.09. The number of ether oxygens (including phenoxy) is 3. The summed E-state index contributed by atoms with van der Waals surface area (Å²) in [6, 6.07) is 11.6. The van der Waals surface area contributed by atoms with Crippen LogP contribution in [0.15, 0.2) is 60.7 Å². The molecule has 4 nitrogen and oxygen atoms in total. The van der Waals surface area contributed by atoms with E-state index in [1.54, 1.807) is 0 Å². The first-order valence-corrected chi connectivity index (χ1v) is 11.9. The van der Waals surface area contributed by atoms with Gasteiger partial charge in [0.1, 0.15) is 0 Å². The van der Waals surface area contributed by atoms with E-state index in [9.17, 15) is 17.6 Å². The van der Waals surface area contributed by atoms with E-state index in [-0.39, 0.29) is 48.2 Å². The highest BCUT2D eigenvalue weighted by Gasteiger charge is 2.28. The van der Waals surface area contributed by atoms with Gasteiger partial charge in [0.15, 0.2) is 29.5 Å². The topological polar surface area (TPSA) is 47.9 Å². The van der Waals surface area contributed by atoms with E-state index in [1.807, 2.05) is 19.1 Å². The molecule has 1 saturated heterocycles. The van der Waals surface area contributed by atoms with Gasteiger partial charge in [-0.05, 0) is 42.9 Å². The molecule has 0 bridgehead atoms. The van der Waals surface area contributed by atoms with Gasteiger partial charge in [-0.2, -0.15) is 4.39 Å². The SMILES string of the molecule is C/C=C\CCOc1ccc(-c2ccc(-c3ccc(C4OCC(C[B]O)CO4)c(F)c3F)cc2)c(F)c1F. The molecule has 1 fully saturated rings. The van der Waals surface area contributed by atoms with Crippen LogP contribution in [0.2, 0.25) is 6.32 Å². The third-order valence-electron chi connectivity index (χ3n) is 6.10. The van der Waals surface area contributed by atoms with Gasteiger partial charge in [-0.3, -0.25) is 0 Å². The normalized spacial score (nSPS) is 17.8. The molecule has 3 aromatic rings. The molecular formula is C28H26BF4O4. The van der Waals surface area contributed by atoms with Crippen LogP contribution in [0.3, 0.4) is 0 Å². The van der Waals surface area contributed by atoms with Crippen LogP contribution in [0.5, 0.6) is 5.75 Å². The summed E-state index contributed by atoms with van der Waals surface area (Å²) >= 11 is 0. The molecule has 1 aliphatic rings. The molecule has 0 aromatic heterocycles. The third-order valence-corrected chi connectivity index (χ3v) is 6.10. The Morgan fingerprint density at radius 2 is 1.46 bits per heavy atom. The molecule has 0 saturated carbocycles. The van der Waals surface area contributed by atoms with E-state index in [0.717, 1.165) is 7.48 Å². The zero-order valence-electron chi connectivity index (χ0n) is 20.2. The molecule has 0 atom stereocenters. The summed E-state index contributed by atoms with van der Waals surface area (Å²) in [5.41, 5.74) is 0.704. The monoisotopic (exact) mass is 513 g/mol. The third kappa shape index (κ3) is 6.06. The second-order valence-electron chi connectivity index (χ2n) is 8.64. The average Bonchev–Trinajstić information content (AvgIpc) is 2.91. The smallest absolute Gasteiger partial charge is 0.287 e. The van der Waals surface area contributed by atoms with Gasteiger partial charge >= 0.3 is 0 Å². The Morgan fingerprint density at radius 3 is 2.05 bits per heavy atom. The summed E-state index contributed by atoms with van der Waals surface area (Å²) in [7, 11) is 1.01. The Balaban J connectivity index is 1.50. The van der Waals surface area contributed by atoms with E-state index in [2.05, 4.69) is 0 Å². The minimum Gasteiger partial charge on any atom is -0.490 e. The molecule has 4 rings (SSSR count). The maximum atomic E-state index is 15.0. The highest BCUT2D eigenvalue weighted by atomic mass is 19.2. The molecule has 3 aromatic carbocycles. The number of rotatable bonds is 9. The lowest BCUT2D eigenvalue weighted by Crippen LogP contribution is -2.28. The van der Waals surface area contributed by atoms with Crippen molar-refractivity contribution in [2.45, 2.75) is 26.0 Å². The van der Waals surface area contributed by atoms with Crippen LogP contribution in [-0.2, 0) is 9.47 Å². The first-order valence-electron chi connectivity index (χ1n) is 11.9. The van der Waals surface area contributed by atoms with Crippen molar-refractivity contribution in [3.8, 4) is 28.0 Å². The largest absolute Gasteiger partial charge is 0.490 e. The summed E-state index contributed by atoms with van der Waals surface area (Å²) in [5.74, 6) is -4.52. The fourth-order valence-electron chi connectivity index (χ4n) is 4.08. The van der Waals surface area contributed by atoms with Gasteiger partial charge in [-0.15, -0.1) is 0 Å². The van der Waals surface area contributed by atoms with Crippen molar-refractivity contribution in [2.75, 3.05) is 19.8 Å². The lowest BCUT2D eigenvalue weighted by Gasteiger charge is -2.29. The fraction of sp³-hybridized carbons (Fsp3) is 0.286. The lowest BCUT2D eigenvalue weighted by atomic mass is 9.86. The van der Waals surface area contributed by atoms with E-state index in [0.29, 0.717) is 23.9 Å². The molecule has 193 valence electrons. The average molecular weight is 513 g/mol. The van der Waals surface area contributed by atoms with Crippen molar-refractivity contribution in [1.29, 1.82) is 0 Å². The van der Waals surface area contributed by atoms with Crippen LogP contribution >= 0.6 is 0 Å². The molecule has 0 unspecified atom stereocenters. The number of benzene rings is 3. The van der Waals surface area contributed by atoms with Crippen molar-refractivity contribution < 1.29 is 36.8 Å². The van der Waals surface area contributed by atoms with Crippen molar-refractivity contribution in [3.05, 3.63) is 89.5 Å². The van der Waals surface area contributed by atoms with Crippen molar-refractivity contribution in [3.63, 3.8) is 0 Å². The van der Waals surface area contributed by atoms with Crippen molar-refractivity contribution in [1.82, 2.24) is 0 Å². The lowest BCUT2D eigenvalue weighted by molar-refractivity contribution is -0.203. The highest BCUT2D eigenvalue weighted by molar-refractivity contribution is 6.25. The summed E-state index contributed by atoms with van der Waals surface area (Å²) in [4.78, 5) is 0. The predicted octanol–water partition coefficient (Wildman–Crippen LogP) is 6.61. The maximum absolute atomic E-state index is 15.0. The Kier molecular flexibility index (Phi) is 9.02. The van der Waals surface area contributed by atoms with Gasteiger partial charge in [0, 0.05) is 22.6 Å². The molecule has 0 spiro atoms. The Hall–Kier alpha value is -3.14. The second-order valence-corrected chi connectivity index (χ2v) is 8.64. The van der Waals surface area contributed by atoms with E-state index < -0.39 is 29.6 Å². The molecular weight excluding hydrogens is 487 g/mol. The summed E-state index contributed by atoms with van der Waals surface area (Å²) in [6.45, 7) is 2.56. The van der Waals surface area contributed by atoms with Crippen molar-refractivity contribution >= 4 is 7.48 Å². The van der Waals surface area contributed by atoms with Gasteiger partial charge in [0.25, 0.3) is 7.48 Å². The van der Waals surface area contributed by atoms with E-state index in [4.69, 9.17) is 19.2 Å². The number of allylic oxidation sites excluding steroid dienone is 1. The van der Waals surface area contributed by atoms with E-state index >= 15 is 0 Å².